The fourth-order valence-corrected chi connectivity index (χ4v) is 3.35. The minimum atomic E-state index is -2.82. The molecule has 2 heterocycles. The van der Waals surface area contributed by atoms with Crippen LogP contribution in [0.5, 0.6) is 0 Å². The van der Waals surface area contributed by atoms with Crippen LogP contribution < -0.4 is 5.56 Å². The smallest absolute Gasteiger partial charge is 0.264 e. The van der Waals surface area contributed by atoms with Crippen molar-refractivity contribution in [2.75, 3.05) is 13.7 Å². The first-order valence-electron chi connectivity index (χ1n) is 8.13. The Morgan fingerprint density at radius 3 is 2.67 bits per heavy atom. The highest BCUT2D eigenvalue weighted by Crippen LogP contribution is 2.30. The molecule has 0 aliphatic carbocycles. The summed E-state index contributed by atoms with van der Waals surface area (Å²) in [6, 6.07) is 8.39. The van der Waals surface area contributed by atoms with E-state index in [1.54, 1.807) is 35.9 Å². The molecule has 0 unspecified atom stereocenters. The molecule has 27 heavy (non-hydrogen) atoms. The molecule has 9 heteroatoms. The van der Waals surface area contributed by atoms with E-state index in [0.717, 1.165) is 4.47 Å². The second-order valence-corrected chi connectivity index (χ2v) is 7.16. The summed E-state index contributed by atoms with van der Waals surface area (Å²) in [6.45, 7) is 0.857. The number of fused-ring (bicyclic) bond motifs is 1. The highest BCUT2D eigenvalue weighted by Gasteiger charge is 2.20. The molecule has 0 bridgehead atoms. The Morgan fingerprint density at radius 1 is 1.33 bits per heavy atom. The quantitative estimate of drug-likeness (QED) is 0.425. The first kappa shape index (κ1) is 19.8. The van der Waals surface area contributed by atoms with Gasteiger partial charge in [-0.25, -0.2) is 13.8 Å². The normalized spacial score (nSPS) is 11.4. The summed E-state index contributed by atoms with van der Waals surface area (Å²) >= 11 is 8.58. The fraction of sp³-hybridized carbons (Fsp3) is 0.278. The van der Waals surface area contributed by atoms with E-state index >= 15 is 0 Å². The third kappa shape index (κ3) is 4.15. The van der Waals surface area contributed by atoms with Crippen molar-refractivity contribution in [1.29, 1.82) is 0 Å². The van der Waals surface area contributed by atoms with Gasteiger partial charge in [0.1, 0.15) is 5.65 Å². The minimum Gasteiger partial charge on any atom is -0.385 e. The highest BCUT2D eigenvalue weighted by atomic mass is 79.9. The van der Waals surface area contributed by atoms with Crippen LogP contribution >= 0.6 is 28.1 Å². The average Bonchev–Trinajstić information content (AvgIpc) is 2.64. The number of alkyl halides is 2. The van der Waals surface area contributed by atoms with Gasteiger partial charge in [0.2, 0.25) is 0 Å². The van der Waals surface area contributed by atoms with Crippen molar-refractivity contribution in [3.05, 3.63) is 55.5 Å². The predicted molar refractivity (Wildman–Crippen MR) is 106 cm³/mol. The number of rotatable bonds is 6. The zero-order valence-corrected chi connectivity index (χ0v) is 16.7. The summed E-state index contributed by atoms with van der Waals surface area (Å²) in [5, 5.41) is -0.142. The molecule has 0 atom stereocenters. The lowest BCUT2D eigenvalue weighted by Crippen LogP contribution is -2.18. The maximum Gasteiger partial charge on any atom is 0.264 e. The van der Waals surface area contributed by atoms with Crippen LogP contribution in [0.25, 0.3) is 22.3 Å². The van der Waals surface area contributed by atoms with Gasteiger partial charge < -0.3 is 9.30 Å². The molecule has 1 aromatic carbocycles. The van der Waals surface area contributed by atoms with Crippen LogP contribution in [0.4, 0.5) is 8.78 Å². The molecule has 5 nitrogen and oxygen atoms in total. The third-order valence-electron chi connectivity index (χ3n) is 4.08. The largest absolute Gasteiger partial charge is 0.385 e. The molecular weight excluding hydrogens is 440 g/mol. The number of hydrogen-bond acceptors (Lipinski definition) is 4. The van der Waals surface area contributed by atoms with E-state index in [2.05, 4.69) is 25.9 Å². The number of halogens is 3. The second kappa shape index (κ2) is 8.37. The molecule has 1 N–H and O–H groups in total. The predicted octanol–water partition coefficient (Wildman–Crippen LogP) is 4.86. The molecule has 0 radical (unpaired) electrons. The molecule has 0 spiro atoms. The highest BCUT2D eigenvalue weighted by molar-refractivity contribution is 9.10. The van der Waals surface area contributed by atoms with Gasteiger partial charge in [-0.05, 0) is 36.8 Å². The number of H-pyrrole nitrogens is 1. The number of hydrogen-bond donors (Lipinski definition) is 1. The average molecular weight is 456 g/mol. The van der Waals surface area contributed by atoms with E-state index < -0.39 is 12.0 Å². The Labute approximate surface area is 167 Å². The lowest BCUT2D eigenvalue weighted by atomic mass is 10.1. The monoisotopic (exact) mass is 455 g/mol. The number of aromatic amines is 1. The maximum atomic E-state index is 13.7. The third-order valence-corrected chi connectivity index (χ3v) is 4.94. The molecule has 0 saturated heterocycles. The van der Waals surface area contributed by atoms with Crippen molar-refractivity contribution >= 4 is 39.2 Å². The molecule has 0 aliphatic heterocycles. The van der Waals surface area contributed by atoms with E-state index in [-0.39, 0.29) is 21.4 Å². The van der Waals surface area contributed by atoms with Gasteiger partial charge in [-0.2, -0.15) is 0 Å². The van der Waals surface area contributed by atoms with Gasteiger partial charge in [0, 0.05) is 35.9 Å². The van der Waals surface area contributed by atoms with Gasteiger partial charge in [-0.3, -0.25) is 9.78 Å². The van der Waals surface area contributed by atoms with Crippen LogP contribution in [0.2, 0.25) is 0 Å². The van der Waals surface area contributed by atoms with Crippen LogP contribution in [-0.2, 0) is 11.3 Å². The van der Waals surface area contributed by atoms with Crippen LogP contribution in [-0.4, -0.2) is 28.3 Å². The van der Waals surface area contributed by atoms with E-state index in [1.165, 1.54) is 6.07 Å². The summed E-state index contributed by atoms with van der Waals surface area (Å²) in [4.78, 5) is 19.3. The Morgan fingerprint density at radius 2 is 2.04 bits per heavy atom. The second-order valence-electron chi connectivity index (χ2n) is 5.86. The molecule has 0 fully saturated rings. The van der Waals surface area contributed by atoms with Crippen molar-refractivity contribution in [3.63, 3.8) is 0 Å². The summed E-state index contributed by atoms with van der Waals surface area (Å²) in [5.41, 5.74) is 0.135. The lowest BCUT2D eigenvalue weighted by Gasteiger charge is -2.14. The summed E-state index contributed by atoms with van der Waals surface area (Å²) in [5.74, 6) is 0. The molecule has 142 valence electrons. The van der Waals surface area contributed by atoms with E-state index in [0.29, 0.717) is 30.8 Å². The number of nitrogens with one attached hydrogen (secondary N) is 1. The Hall–Kier alpha value is -1.97. The first-order chi connectivity index (χ1) is 12.9. The van der Waals surface area contributed by atoms with Crippen molar-refractivity contribution in [1.82, 2.24) is 14.5 Å². The van der Waals surface area contributed by atoms with Gasteiger partial charge >= 0.3 is 0 Å². The van der Waals surface area contributed by atoms with Crippen molar-refractivity contribution in [3.8, 4) is 11.3 Å². The molecule has 3 aromatic rings. The van der Waals surface area contributed by atoms with Crippen molar-refractivity contribution in [2.24, 2.45) is 0 Å². The summed E-state index contributed by atoms with van der Waals surface area (Å²) in [6.07, 6.45) is -2.23. The van der Waals surface area contributed by atoms with Crippen LogP contribution in [0.1, 0.15) is 18.4 Å². The number of ether oxygens (including phenoxy) is 1. The lowest BCUT2D eigenvalue weighted by molar-refractivity contribution is 0.153. The number of benzene rings is 1. The Bertz CT molecular complexity index is 1080. The SMILES string of the molecule is COCCCn1c(=S)[nH]c(=O)c2c(C(F)F)cc(-c3ccc(Br)cc3)nc21. The maximum absolute atomic E-state index is 13.7. The number of aryl methyl sites for hydroxylation is 1. The van der Waals surface area contributed by atoms with Crippen LogP contribution in [0.15, 0.2) is 39.6 Å². The standard InChI is InChI=1S/C18H16BrF2N3O2S/c1-26-8-2-7-24-16-14(17(25)23-18(24)27)12(15(20)21)9-13(22-16)10-3-5-11(19)6-4-10/h3-6,9,15H,2,7-8H2,1H3,(H,23,25,27). The zero-order valence-electron chi connectivity index (χ0n) is 14.3. The van der Waals surface area contributed by atoms with Gasteiger partial charge in [0.05, 0.1) is 11.1 Å². The first-order valence-corrected chi connectivity index (χ1v) is 9.33. The molecule has 3 rings (SSSR count). The van der Waals surface area contributed by atoms with Crippen molar-refractivity contribution in [2.45, 2.75) is 19.4 Å². The molecule has 0 amide bonds. The number of pyridine rings is 1. The number of methoxy groups -OCH3 is 1. The van der Waals surface area contributed by atoms with E-state index in [1.807, 2.05) is 0 Å². The number of aromatic nitrogens is 3. The van der Waals surface area contributed by atoms with Gasteiger partial charge in [0.25, 0.3) is 12.0 Å². The molecule has 2 aromatic heterocycles. The van der Waals surface area contributed by atoms with Gasteiger partial charge in [-0.1, -0.05) is 28.1 Å². The molecule has 0 saturated carbocycles. The topological polar surface area (TPSA) is 59.9 Å². The Balaban J connectivity index is 2.31. The van der Waals surface area contributed by atoms with E-state index in [4.69, 9.17) is 17.0 Å². The van der Waals surface area contributed by atoms with Gasteiger partial charge in [-0.15, -0.1) is 0 Å². The minimum absolute atomic E-state index is 0.142. The van der Waals surface area contributed by atoms with Crippen LogP contribution in [0, 0.1) is 4.77 Å². The molecular formula is C18H16BrF2N3O2S. The van der Waals surface area contributed by atoms with Crippen molar-refractivity contribution < 1.29 is 13.5 Å². The fourth-order valence-electron chi connectivity index (χ4n) is 2.82. The van der Waals surface area contributed by atoms with Gasteiger partial charge in [0.15, 0.2) is 4.77 Å². The van der Waals surface area contributed by atoms with Crippen LogP contribution in [0.3, 0.4) is 0 Å². The summed E-state index contributed by atoms with van der Waals surface area (Å²) in [7, 11) is 1.57. The number of nitrogens with zero attached hydrogens (tertiary/aromatic N) is 2. The molecule has 0 aliphatic rings. The van der Waals surface area contributed by atoms with E-state index in [9.17, 15) is 13.6 Å². The Kier molecular flexibility index (Phi) is 6.13. The zero-order chi connectivity index (χ0) is 19.6. The summed E-state index contributed by atoms with van der Waals surface area (Å²) < 4.78 is 35.1.